The summed E-state index contributed by atoms with van der Waals surface area (Å²) in [5.74, 6) is 0.474. The molecule has 6 nitrogen and oxygen atoms in total. The Bertz CT molecular complexity index is 907. The van der Waals surface area contributed by atoms with E-state index in [1.807, 2.05) is 41.8 Å². The fraction of sp³-hybridized carbons (Fsp3) is 0.238. The molecule has 0 radical (unpaired) electrons. The van der Waals surface area contributed by atoms with Gasteiger partial charge in [-0.2, -0.15) is 0 Å². The van der Waals surface area contributed by atoms with Crippen molar-refractivity contribution in [3.63, 3.8) is 0 Å². The number of carbonyl (C=O) groups excluding carboxylic acids is 1. The number of nitrogens with zero attached hydrogens (tertiary/aromatic N) is 2. The molecule has 0 bridgehead atoms. The molecule has 0 unspecified atom stereocenters. The minimum atomic E-state index is -0.168. The molecule has 144 valence electrons. The van der Waals surface area contributed by atoms with Crippen LogP contribution in [0, 0.1) is 0 Å². The average molecular weight is 395 g/mol. The first kappa shape index (κ1) is 18.5. The van der Waals surface area contributed by atoms with E-state index in [0.717, 1.165) is 43.4 Å². The first-order chi connectivity index (χ1) is 13.8. The quantitative estimate of drug-likeness (QED) is 0.688. The Morgan fingerprint density at radius 3 is 2.75 bits per heavy atom. The highest BCUT2D eigenvalue weighted by molar-refractivity contribution is 7.07. The summed E-state index contributed by atoms with van der Waals surface area (Å²) in [5, 5.41) is 4.88. The second-order valence-electron chi connectivity index (χ2n) is 6.40. The summed E-state index contributed by atoms with van der Waals surface area (Å²) in [6.45, 7) is 3.66. The molecule has 0 atom stereocenters. The molecule has 1 saturated heterocycles. The summed E-state index contributed by atoms with van der Waals surface area (Å²) < 4.78 is 11.1. The summed E-state index contributed by atoms with van der Waals surface area (Å²) in [6.07, 6.45) is 0. The van der Waals surface area contributed by atoms with Crippen LogP contribution in [-0.4, -0.2) is 37.2 Å². The molecule has 2 aromatic carbocycles. The van der Waals surface area contributed by atoms with E-state index < -0.39 is 0 Å². The van der Waals surface area contributed by atoms with Gasteiger partial charge in [0.25, 0.3) is 5.91 Å². The van der Waals surface area contributed by atoms with Crippen LogP contribution in [0.3, 0.4) is 0 Å². The zero-order chi connectivity index (χ0) is 19.2. The summed E-state index contributed by atoms with van der Waals surface area (Å²) >= 11 is 1.53. The third-order valence-corrected chi connectivity index (χ3v) is 5.10. The van der Waals surface area contributed by atoms with Gasteiger partial charge in [-0.05, 0) is 42.5 Å². The molecule has 0 spiro atoms. The standard InChI is InChI=1S/C21H21N3O3S/c25-21(16-2-1-3-20(12-16)27-13-18-14-28-15-22-18)23-17-4-6-19(7-5-17)24-8-10-26-11-9-24/h1-7,12,14-15H,8-11,13H2,(H,23,25). The lowest BCUT2D eigenvalue weighted by Gasteiger charge is -2.28. The van der Waals surface area contributed by atoms with Crippen LogP contribution < -0.4 is 15.0 Å². The number of hydrogen-bond acceptors (Lipinski definition) is 6. The number of nitrogens with one attached hydrogen (secondary N) is 1. The van der Waals surface area contributed by atoms with Gasteiger partial charge < -0.3 is 19.7 Å². The van der Waals surface area contributed by atoms with Crippen molar-refractivity contribution < 1.29 is 14.3 Å². The van der Waals surface area contributed by atoms with Crippen LogP contribution in [0.5, 0.6) is 5.75 Å². The number of morpholine rings is 1. The molecule has 3 aromatic rings. The number of aromatic nitrogens is 1. The smallest absolute Gasteiger partial charge is 0.255 e. The molecule has 2 heterocycles. The van der Waals surface area contributed by atoms with Crippen molar-refractivity contribution in [1.29, 1.82) is 0 Å². The van der Waals surface area contributed by atoms with Gasteiger partial charge in [0.1, 0.15) is 12.4 Å². The molecule has 0 aliphatic carbocycles. The highest BCUT2D eigenvalue weighted by Gasteiger charge is 2.12. The molecule has 1 aliphatic heterocycles. The lowest BCUT2D eigenvalue weighted by atomic mass is 10.2. The average Bonchev–Trinajstić information content (AvgIpc) is 3.27. The number of benzene rings is 2. The SMILES string of the molecule is O=C(Nc1ccc(N2CCOCC2)cc1)c1cccc(OCc2cscn2)c1. The van der Waals surface area contributed by atoms with Gasteiger partial charge in [0.05, 0.1) is 24.4 Å². The summed E-state index contributed by atoms with van der Waals surface area (Å²) in [7, 11) is 0. The Hall–Kier alpha value is -2.90. The largest absolute Gasteiger partial charge is 0.487 e. The Kier molecular flexibility index (Phi) is 5.84. The second kappa shape index (κ2) is 8.86. The zero-order valence-electron chi connectivity index (χ0n) is 15.3. The lowest BCUT2D eigenvalue weighted by Crippen LogP contribution is -2.36. The maximum absolute atomic E-state index is 12.6. The number of amides is 1. The molecule has 1 fully saturated rings. The van der Waals surface area contributed by atoms with Crippen LogP contribution in [0.15, 0.2) is 59.4 Å². The summed E-state index contributed by atoms with van der Waals surface area (Å²) in [5.41, 5.74) is 5.09. The van der Waals surface area contributed by atoms with Crippen LogP contribution in [0.2, 0.25) is 0 Å². The van der Waals surface area contributed by atoms with Crippen molar-refractivity contribution in [2.75, 3.05) is 36.5 Å². The van der Waals surface area contributed by atoms with Crippen molar-refractivity contribution in [3.8, 4) is 5.75 Å². The van der Waals surface area contributed by atoms with E-state index in [1.54, 1.807) is 17.6 Å². The monoisotopic (exact) mass is 395 g/mol. The lowest BCUT2D eigenvalue weighted by molar-refractivity contribution is 0.102. The van der Waals surface area contributed by atoms with Gasteiger partial charge in [0, 0.05) is 35.4 Å². The highest BCUT2D eigenvalue weighted by Crippen LogP contribution is 2.21. The van der Waals surface area contributed by atoms with Crippen molar-refractivity contribution in [2.45, 2.75) is 6.61 Å². The highest BCUT2D eigenvalue weighted by atomic mass is 32.1. The van der Waals surface area contributed by atoms with E-state index in [9.17, 15) is 4.79 Å². The fourth-order valence-corrected chi connectivity index (χ4v) is 3.52. The summed E-state index contributed by atoms with van der Waals surface area (Å²) in [4.78, 5) is 19.0. The number of thiazole rings is 1. The Morgan fingerprint density at radius 1 is 1.18 bits per heavy atom. The van der Waals surface area contributed by atoms with E-state index in [-0.39, 0.29) is 5.91 Å². The van der Waals surface area contributed by atoms with Gasteiger partial charge in [-0.1, -0.05) is 6.07 Å². The Labute approximate surface area is 167 Å². The van der Waals surface area contributed by atoms with Crippen LogP contribution in [0.25, 0.3) is 0 Å². The van der Waals surface area contributed by atoms with Crippen molar-refractivity contribution in [2.24, 2.45) is 0 Å². The molecule has 1 aromatic heterocycles. The number of ether oxygens (including phenoxy) is 2. The molecular weight excluding hydrogens is 374 g/mol. The molecule has 0 saturated carbocycles. The molecule has 1 aliphatic rings. The summed E-state index contributed by atoms with van der Waals surface area (Å²) in [6, 6.07) is 15.0. The number of carbonyl (C=O) groups is 1. The molecule has 1 amide bonds. The zero-order valence-corrected chi connectivity index (χ0v) is 16.2. The molecular formula is C21H21N3O3S. The third kappa shape index (κ3) is 4.68. The number of anilines is 2. The Morgan fingerprint density at radius 2 is 2.00 bits per heavy atom. The van der Waals surface area contributed by atoms with Crippen molar-refractivity contribution in [3.05, 3.63) is 70.7 Å². The van der Waals surface area contributed by atoms with E-state index in [2.05, 4.69) is 15.2 Å². The van der Waals surface area contributed by atoms with Crippen molar-refractivity contribution >= 4 is 28.6 Å². The maximum atomic E-state index is 12.6. The van der Waals surface area contributed by atoms with Crippen LogP contribution in [0.4, 0.5) is 11.4 Å². The minimum absolute atomic E-state index is 0.168. The van der Waals surface area contributed by atoms with Crippen LogP contribution >= 0.6 is 11.3 Å². The minimum Gasteiger partial charge on any atom is -0.487 e. The van der Waals surface area contributed by atoms with Gasteiger partial charge in [-0.15, -0.1) is 11.3 Å². The predicted molar refractivity (Wildman–Crippen MR) is 110 cm³/mol. The van der Waals surface area contributed by atoms with Gasteiger partial charge in [0.15, 0.2) is 0 Å². The van der Waals surface area contributed by atoms with Gasteiger partial charge in [-0.25, -0.2) is 4.98 Å². The van der Waals surface area contributed by atoms with E-state index >= 15 is 0 Å². The third-order valence-electron chi connectivity index (χ3n) is 4.47. The first-order valence-corrected chi connectivity index (χ1v) is 10.1. The Balaban J connectivity index is 1.37. The van der Waals surface area contributed by atoms with E-state index in [0.29, 0.717) is 17.9 Å². The van der Waals surface area contributed by atoms with Crippen molar-refractivity contribution in [1.82, 2.24) is 4.98 Å². The molecule has 4 rings (SSSR count). The van der Waals surface area contributed by atoms with Crippen LogP contribution in [-0.2, 0) is 11.3 Å². The topological polar surface area (TPSA) is 63.7 Å². The van der Waals surface area contributed by atoms with Crippen LogP contribution in [0.1, 0.15) is 16.1 Å². The van der Waals surface area contributed by atoms with E-state index in [1.165, 1.54) is 11.3 Å². The first-order valence-electron chi connectivity index (χ1n) is 9.12. The van der Waals surface area contributed by atoms with Gasteiger partial charge >= 0.3 is 0 Å². The maximum Gasteiger partial charge on any atom is 0.255 e. The van der Waals surface area contributed by atoms with Gasteiger partial charge in [0.2, 0.25) is 0 Å². The number of hydrogen-bond donors (Lipinski definition) is 1. The number of rotatable bonds is 6. The van der Waals surface area contributed by atoms with E-state index in [4.69, 9.17) is 9.47 Å². The predicted octanol–water partition coefficient (Wildman–Crippen LogP) is 3.81. The molecule has 7 heteroatoms. The second-order valence-corrected chi connectivity index (χ2v) is 7.12. The molecule has 1 N–H and O–H groups in total. The fourth-order valence-electron chi connectivity index (χ4n) is 2.97. The molecule has 28 heavy (non-hydrogen) atoms. The van der Waals surface area contributed by atoms with Gasteiger partial charge in [-0.3, -0.25) is 4.79 Å². The normalized spacial score (nSPS) is 13.9.